The van der Waals surface area contributed by atoms with Crippen LogP contribution in [-0.4, -0.2) is 15.9 Å². The van der Waals surface area contributed by atoms with Gasteiger partial charge in [0.1, 0.15) is 5.75 Å². The van der Waals surface area contributed by atoms with Crippen LogP contribution in [0.25, 0.3) is 0 Å². The van der Waals surface area contributed by atoms with Crippen LogP contribution in [0.2, 0.25) is 0 Å². The molecule has 0 atom stereocenters. The number of thiophene rings is 1. The number of hydrogen-bond donors (Lipinski definition) is 2. The van der Waals surface area contributed by atoms with Gasteiger partial charge in [0.2, 0.25) is 0 Å². The van der Waals surface area contributed by atoms with E-state index < -0.39 is 4.92 Å². The minimum absolute atomic E-state index is 0.128. The SMILES string of the molecule is Cc1cc(C(=O)Nc2ccc([N+](=O)[O-])cc2O)sc1Br. The summed E-state index contributed by atoms with van der Waals surface area (Å²) in [6.07, 6.45) is 0. The Hall–Kier alpha value is -1.93. The van der Waals surface area contributed by atoms with Gasteiger partial charge < -0.3 is 10.4 Å². The number of phenolic OH excluding ortho intramolecular Hbond substituents is 1. The van der Waals surface area contributed by atoms with Crippen molar-refractivity contribution in [1.82, 2.24) is 0 Å². The monoisotopic (exact) mass is 356 g/mol. The summed E-state index contributed by atoms with van der Waals surface area (Å²) in [7, 11) is 0. The van der Waals surface area contributed by atoms with Crippen molar-refractivity contribution >= 4 is 44.5 Å². The molecule has 1 aromatic heterocycles. The van der Waals surface area contributed by atoms with Crippen LogP contribution in [0, 0.1) is 17.0 Å². The highest BCUT2D eigenvalue weighted by Crippen LogP contribution is 2.31. The zero-order valence-electron chi connectivity index (χ0n) is 10.2. The first kappa shape index (κ1) is 14.5. The Balaban J connectivity index is 2.21. The maximum atomic E-state index is 12.0. The highest BCUT2D eigenvalue weighted by atomic mass is 79.9. The number of amides is 1. The summed E-state index contributed by atoms with van der Waals surface area (Å²) in [5.74, 6) is -0.729. The maximum Gasteiger partial charge on any atom is 0.273 e. The molecule has 1 aromatic carbocycles. The first-order valence-corrected chi connectivity index (χ1v) is 7.04. The molecule has 8 heteroatoms. The molecule has 6 nitrogen and oxygen atoms in total. The number of hydrogen-bond acceptors (Lipinski definition) is 5. The summed E-state index contributed by atoms with van der Waals surface area (Å²) in [4.78, 5) is 22.4. The lowest BCUT2D eigenvalue weighted by molar-refractivity contribution is -0.384. The van der Waals surface area contributed by atoms with Crippen molar-refractivity contribution in [2.75, 3.05) is 5.32 Å². The minimum atomic E-state index is -0.620. The number of halogens is 1. The molecule has 0 aliphatic rings. The van der Waals surface area contributed by atoms with Crippen molar-refractivity contribution < 1.29 is 14.8 Å². The van der Waals surface area contributed by atoms with E-state index >= 15 is 0 Å². The standard InChI is InChI=1S/C12H9BrN2O4S/c1-6-4-10(20-11(6)13)12(17)14-8-3-2-7(15(18)19)5-9(8)16/h2-5,16H,1H3,(H,14,17). The van der Waals surface area contributed by atoms with Gasteiger partial charge in [-0.2, -0.15) is 0 Å². The number of benzene rings is 1. The van der Waals surface area contributed by atoms with E-state index in [4.69, 9.17) is 0 Å². The van der Waals surface area contributed by atoms with Crippen molar-refractivity contribution in [3.63, 3.8) is 0 Å². The summed E-state index contributed by atoms with van der Waals surface area (Å²) in [5.41, 5.74) is 0.825. The molecule has 1 heterocycles. The van der Waals surface area contributed by atoms with Crippen molar-refractivity contribution in [1.29, 1.82) is 0 Å². The van der Waals surface area contributed by atoms with E-state index in [0.29, 0.717) is 4.88 Å². The van der Waals surface area contributed by atoms with Crippen molar-refractivity contribution in [3.8, 4) is 5.75 Å². The smallest absolute Gasteiger partial charge is 0.273 e. The number of nitro benzene ring substituents is 1. The highest BCUT2D eigenvalue weighted by Gasteiger charge is 2.15. The number of non-ortho nitro benzene ring substituents is 1. The quantitative estimate of drug-likeness (QED) is 0.498. The second kappa shape index (κ2) is 5.59. The van der Waals surface area contributed by atoms with E-state index in [-0.39, 0.29) is 23.0 Å². The van der Waals surface area contributed by atoms with Crippen LogP contribution < -0.4 is 5.32 Å². The normalized spacial score (nSPS) is 10.3. The van der Waals surface area contributed by atoms with Crippen LogP contribution in [0.4, 0.5) is 11.4 Å². The Morgan fingerprint density at radius 3 is 2.65 bits per heavy atom. The van der Waals surface area contributed by atoms with Gasteiger partial charge in [-0.3, -0.25) is 14.9 Å². The van der Waals surface area contributed by atoms with Crippen molar-refractivity contribution in [2.24, 2.45) is 0 Å². The molecular formula is C12H9BrN2O4S. The molecular weight excluding hydrogens is 348 g/mol. The molecule has 20 heavy (non-hydrogen) atoms. The zero-order valence-corrected chi connectivity index (χ0v) is 12.6. The van der Waals surface area contributed by atoms with Gasteiger partial charge in [0.15, 0.2) is 0 Å². The Morgan fingerprint density at radius 1 is 1.45 bits per heavy atom. The molecule has 0 saturated carbocycles. The number of nitrogens with zero attached hydrogens (tertiary/aromatic N) is 1. The summed E-state index contributed by atoms with van der Waals surface area (Å²) in [6.45, 7) is 1.86. The van der Waals surface area contributed by atoms with Gasteiger partial charge in [-0.25, -0.2) is 0 Å². The lowest BCUT2D eigenvalue weighted by atomic mass is 10.2. The van der Waals surface area contributed by atoms with E-state index in [2.05, 4.69) is 21.2 Å². The first-order valence-electron chi connectivity index (χ1n) is 5.43. The molecule has 0 spiro atoms. The highest BCUT2D eigenvalue weighted by molar-refractivity contribution is 9.11. The van der Waals surface area contributed by atoms with Crippen LogP contribution in [0.15, 0.2) is 28.1 Å². The molecule has 0 aliphatic heterocycles. The summed E-state index contributed by atoms with van der Waals surface area (Å²) in [6, 6.07) is 5.21. The van der Waals surface area contributed by atoms with Crippen LogP contribution in [0.5, 0.6) is 5.75 Å². The molecule has 2 N–H and O–H groups in total. The van der Waals surface area contributed by atoms with Gasteiger partial charge in [-0.1, -0.05) is 0 Å². The fraction of sp³-hybridized carbons (Fsp3) is 0.0833. The van der Waals surface area contributed by atoms with Crippen LogP contribution in [0.1, 0.15) is 15.2 Å². The van der Waals surface area contributed by atoms with E-state index in [0.717, 1.165) is 15.4 Å². The molecule has 0 fully saturated rings. The van der Waals surface area contributed by atoms with E-state index in [1.54, 1.807) is 6.07 Å². The van der Waals surface area contributed by atoms with Crippen LogP contribution in [-0.2, 0) is 0 Å². The predicted octanol–water partition coefficient (Wildman–Crippen LogP) is 3.69. The molecule has 0 aliphatic carbocycles. The Kier molecular flexibility index (Phi) is 4.05. The molecule has 2 rings (SSSR count). The summed E-state index contributed by atoms with van der Waals surface area (Å²) < 4.78 is 0.857. The van der Waals surface area contributed by atoms with Crippen molar-refractivity contribution in [2.45, 2.75) is 6.92 Å². The van der Waals surface area contributed by atoms with E-state index in [9.17, 15) is 20.0 Å². The van der Waals surface area contributed by atoms with Crippen LogP contribution >= 0.6 is 27.3 Å². The third-order valence-electron chi connectivity index (χ3n) is 2.52. The number of carbonyl (C=O) groups excluding carboxylic acids is 1. The lowest BCUT2D eigenvalue weighted by Crippen LogP contribution is -2.10. The van der Waals surface area contributed by atoms with Crippen molar-refractivity contribution in [3.05, 3.63) is 48.6 Å². The fourth-order valence-electron chi connectivity index (χ4n) is 1.49. The number of phenols is 1. The number of aryl methyl sites for hydroxylation is 1. The number of anilines is 1. The number of carbonyl (C=O) groups is 1. The molecule has 1 amide bonds. The number of aromatic hydroxyl groups is 1. The summed E-state index contributed by atoms with van der Waals surface area (Å²) >= 11 is 4.59. The average Bonchev–Trinajstić information content (AvgIpc) is 2.72. The molecule has 0 bridgehead atoms. The van der Waals surface area contributed by atoms with Gasteiger partial charge in [0.25, 0.3) is 11.6 Å². The van der Waals surface area contributed by atoms with E-state index in [1.807, 2.05) is 6.92 Å². The molecule has 0 radical (unpaired) electrons. The molecule has 0 saturated heterocycles. The number of rotatable bonds is 3. The maximum absolute atomic E-state index is 12.0. The molecule has 104 valence electrons. The Bertz CT molecular complexity index is 679. The fourth-order valence-corrected chi connectivity index (χ4v) is 2.93. The summed E-state index contributed by atoms with van der Waals surface area (Å²) in [5, 5.41) is 22.7. The number of nitro groups is 1. The third-order valence-corrected chi connectivity index (χ3v) is 4.66. The topological polar surface area (TPSA) is 92.5 Å². The third kappa shape index (κ3) is 2.97. The van der Waals surface area contributed by atoms with Gasteiger partial charge in [0, 0.05) is 6.07 Å². The first-order chi connectivity index (χ1) is 9.38. The molecule has 0 unspecified atom stereocenters. The van der Waals surface area contributed by atoms with Crippen LogP contribution in [0.3, 0.4) is 0 Å². The number of nitrogens with one attached hydrogen (secondary N) is 1. The zero-order chi connectivity index (χ0) is 14.9. The van der Waals surface area contributed by atoms with Gasteiger partial charge in [-0.05, 0) is 40.5 Å². The Morgan fingerprint density at radius 2 is 2.15 bits per heavy atom. The predicted molar refractivity (Wildman–Crippen MR) is 79.5 cm³/mol. The second-order valence-corrected chi connectivity index (χ2v) is 6.35. The van der Waals surface area contributed by atoms with Gasteiger partial charge in [0.05, 0.1) is 25.3 Å². The minimum Gasteiger partial charge on any atom is -0.506 e. The molecule has 2 aromatic rings. The largest absolute Gasteiger partial charge is 0.506 e. The van der Waals surface area contributed by atoms with Gasteiger partial charge >= 0.3 is 0 Å². The lowest BCUT2D eigenvalue weighted by Gasteiger charge is -2.05. The Labute approximate surface area is 126 Å². The van der Waals surface area contributed by atoms with Gasteiger partial charge in [-0.15, -0.1) is 11.3 Å². The van der Waals surface area contributed by atoms with E-state index in [1.165, 1.54) is 23.5 Å². The second-order valence-electron chi connectivity index (χ2n) is 3.98. The average molecular weight is 357 g/mol.